The van der Waals surface area contributed by atoms with Crippen LogP contribution in [0.3, 0.4) is 0 Å². The lowest BCUT2D eigenvalue weighted by molar-refractivity contribution is -0.113. The molecular formula is C32H25N3O3S. The number of carbonyl (C=O) groups excluding carboxylic acids is 3. The molecule has 0 bridgehead atoms. The normalized spacial score (nSPS) is 11.2. The zero-order valence-corrected chi connectivity index (χ0v) is 21.7. The standard InChI is InChI=1S/C32H25N3O3S/c36-30(22-9-3-1-4-10-22)21-39-26-17-15-25(16-18-26)34-32(38)29(35-31(37)23-11-5-2-6-12-23)19-24-20-33-28-14-8-7-13-27(24)28/h1-20,33H,21H2,(H,34,38)(H,35,37). The van der Waals surface area contributed by atoms with Crippen LogP contribution in [0.15, 0.2) is 126 Å². The summed E-state index contributed by atoms with van der Waals surface area (Å²) in [5, 5.41) is 6.57. The van der Waals surface area contributed by atoms with E-state index in [0.29, 0.717) is 22.6 Å². The highest BCUT2D eigenvalue weighted by Gasteiger charge is 2.16. The predicted octanol–water partition coefficient (Wildman–Crippen LogP) is 6.55. The Labute approximate surface area is 230 Å². The number of carbonyl (C=O) groups is 3. The van der Waals surface area contributed by atoms with Crippen LogP contribution in [-0.4, -0.2) is 28.3 Å². The summed E-state index contributed by atoms with van der Waals surface area (Å²) in [6.45, 7) is 0. The lowest BCUT2D eigenvalue weighted by Gasteiger charge is -2.12. The molecule has 0 aliphatic carbocycles. The first-order chi connectivity index (χ1) is 19.1. The molecule has 0 spiro atoms. The van der Waals surface area contributed by atoms with Crippen LogP contribution < -0.4 is 10.6 Å². The van der Waals surface area contributed by atoms with Gasteiger partial charge in [0.1, 0.15) is 5.70 Å². The fraction of sp³-hybridized carbons (Fsp3) is 0.0312. The molecule has 0 aliphatic heterocycles. The third kappa shape index (κ3) is 6.52. The topological polar surface area (TPSA) is 91.1 Å². The second-order valence-electron chi connectivity index (χ2n) is 8.72. The summed E-state index contributed by atoms with van der Waals surface area (Å²) in [7, 11) is 0. The molecule has 0 aliphatic rings. The van der Waals surface area contributed by atoms with E-state index < -0.39 is 5.91 Å². The van der Waals surface area contributed by atoms with Crippen LogP contribution in [0.1, 0.15) is 26.3 Å². The highest BCUT2D eigenvalue weighted by atomic mass is 32.2. The molecule has 6 nitrogen and oxygen atoms in total. The van der Waals surface area contributed by atoms with Crippen molar-refractivity contribution in [3.05, 3.63) is 138 Å². The molecule has 0 saturated heterocycles. The number of benzene rings is 4. The molecule has 5 rings (SSSR count). The largest absolute Gasteiger partial charge is 0.361 e. The Hall–Kier alpha value is -4.88. The van der Waals surface area contributed by atoms with E-state index >= 15 is 0 Å². The van der Waals surface area contributed by atoms with E-state index in [1.807, 2.05) is 60.7 Å². The van der Waals surface area contributed by atoms with Gasteiger partial charge in [-0.2, -0.15) is 0 Å². The quantitative estimate of drug-likeness (QED) is 0.114. The number of amides is 2. The average molecular weight is 532 g/mol. The minimum atomic E-state index is -0.454. The lowest BCUT2D eigenvalue weighted by Crippen LogP contribution is -2.30. The molecule has 1 aromatic heterocycles. The van der Waals surface area contributed by atoms with E-state index in [1.165, 1.54) is 11.8 Å². The number of fused-ring (bicyclic) bond motifs is 1. The zero-order chi connectivity index (χ0) is 27.0. The smallest absolute Gasteiger partial charge is 0.272 e. The molecule has 5 aromatic rings. The summed E-state index contributed by atoms with van der Waals surface area (Å²) in [5.74, 6) is -0.464. The van der Waals surface area contributed by atoms with Gasteiger partial charge in [0, 0.05) is 44.4 Å². The first-order valence-electron chi connectivity index (χ1n) is 12.3. The molecule has 192 valence electrons. The second-order valence-corrected chi connectivity index (χ2v) is 9.77. The van der Waals surface area contributed by atoms with Gasteiger partial charge in [-0.1, -0.05) is 66.7 Å². The van der Waals surface area contributed by atoms with E-state index in [1.54, 1.807) is 60.8 Å². The van der Waals surface area contributed by atoms with Crippen molar-refractivity contribution in [3.8, 4) is 0 Å². The van der Waals surface area contributed by atoms with Crippen molar-refractivity contribution in [2.45, 2.75) is 4.90 Å². The van der Waals surface area contributed by atoms with Crippen LogP contribution in [0.25, 0.3) is 17.0 Å². The Morgan fingerprint density at radius 2 is 1.38 bits per heavy atom. The molecule has 39 heavy (non-hydrogen) atoms. The molecule has 7 heteroatoms. The average Bonchev–Trinajstić information content (AvgIpc) is 3.40. The zero-order valence-electron chi connectivity index (χ0n) is 20.9. The molecular weight excluding hydrogens is 506 g/mol. The van der Waals surface area contributed by atoms with E-state index in [2.05, 4.69) is 15.6 Å². The van der Waals surface area contributed by atoms with Crippen molar-refractivity contribution in [1.29, 1.82) is 0 Å². The van der Waals surface area contributed by atoms with Crippen molar-refractivity contribution in [3.63, 3.8) is 0 Å². The maximum Gasteiger partial charge on any atom is 0.272 e. The van der Waals surface area contributed by atoms with Crippen LogP contribution in [0, 0.1) is 0 Å². The van der Waals surface area contributed by atoms with Gasteiger partial charge in [-0.25, -0.2) is 0 Å². The number of hydrogen-bond acceptors (Lipinski definition) is 4. The number of aromatic nitrogens is 1. The Balaban J connectivity index is 1.31. The van der Waals surface area contributed by atoms with Crippen LogP contribution in [-0.2, 0) is 4.79 Å². The summed E-state index contributed by atoms with van der Waals surface area (Å²) in [6, 6.07) is 32.9. The van der Waals surface area contributed by atoms with Crippen LogP contribution in [0.5, 0.6) is 0 Å². The molecule has 0 atom stereocenters. The van der Waals surface area contributed by atoms with E-state index in [-0.39, 0.29) is 17.4 Å². The number of nitrogens with one attached hydrogen (secondary N) is 3. The van der Waals surface area contributed by atoms with Crippen LogP contribution in [0.4, 0.5) is 5.69 Å². The molecule has 4 aromatic carbocycles. The SMILES string of the molecule is O=C(Nc1ccc(SCC(=O)c2ccccc2)cc1)C(=Cc1c[nH]c2ccccc12)NC(=O)c1ccccc1. The molecule has 0 saturated carbocycles. The number of aromatic amines is 1. The van der Waals surface area contributed by atoms with Crippen molar-refractivity contribution in [1.82, 2.24) is 10.3 Å². The van der Waals surface area contributed by atoms with Gasteiger partial charge in [0.05, 0.1) is 5.75 Å². The van der Waals surface area contributed by atoms with Gasteiger partial charge in [0.15, 0.2) is 5.78 Å². The highest BCUT2D eigenvalue weighted by molar-refractivity contribution is 8.00. The van der Waals surface area contributed by atoms with Crippen molar-refractivity contribution < 1.29 is 14.4 Å². The predicted molar refractivity (Wildman–Crippen MR) is 157 cm³/mol. The van der Waals surface area contributed by atoms with E-state index in [0.717, 1.165) is 21.4 Å². The van der Waals surface area contributed by atoms with E-state index in [4.69, 9.17) is 0 Å². The Bertz CT molecular complexity index is 1640. The number of rotatable bonds is 9. The molecule has 1 heterocycles. The van der Waals surface area contributed by atoms with Crippen LogP contribution >= 0.6 is 11.8 Å². The summed E-state index contributed by atoms with van der Waals surface area (Å²) < 4.78 is 0. The van der Waals surface area contributed by atoms with Crippen molar-refractivity contribution >= 4 is 52.0 Å². The van der Waals surface area contributed by atoms with Crippen molar-refractivity contribution in [2.24, 2.45) is 0 Å². The molecule has 3 N–H and O–H groups in total. The minimum absolute atomic E-state index is 0.0548. The molecule has 0 radical (unpaired) electrons. The molecule has 2 amide bonds. The summed E-state index contributed by atoms with van der Waals surface area (Å²) in [5.41, 5.74) is 3.51. The third-order valence-corrected chi connectivity index (χ3v) is 7.04. The second kappa shape index (κ2) is 12.1. The van der Waals surface area contributed by atoms with Gasteiger partial charge >= 0.3 is 0 Å². The summed E-state index contributed by atoms with van der Waals surface area (Å²) >= 11 is 1.43. The fourth-order valence-corrected chi connectivity index (χ4v) is 4.79. The Morgan fingerprint density at radius 1 is 0.744 bits per heavy atom. The number of anilines is 1. The first kappa shape index (κ1) is 25.8. The summed E-state index contributed by atoms with van der Waals surface area (Å²) in [6.07, 6.45) is 3.46. The number of H-pyrrole nitrogens is 1. The Morgan fingerprint density at radius 3 is 2.10 bits per heavy atom. The number of hydrogen-bond donors (Lipinski definition) is 3. The molecule has 0 unspecified atom stereocenters. The maximum atomic E-state index is 13.3. The first-order valence-corrected chi connectivity index (χ1v) is 13.3. The monoisotopic (exact) mass is 531 g/mol. The number of Topliss-reactive ketones (excluding diaryl/α,β-unsaturated/α-hetero) is 1. The van der Waals surface area contributed by atoms with Crippen molar-refractivity contribution in [2.75, 3.05) is 11.1 Å². The third-order valence-electron chi connectivity index (χ3n) is 6.03. The van der Waals surface area contributed by atoms with Crippen LogP contribution in [0.2, 0.25) is 0 Å². The van der Waals surface area contributed by atoms with E-state index in [9.17, 15) is 14.4 Å². The molecule has 0 fully saturated rings. The van der Waals surface area contributed by atoms with Gasteiger partial charge in [-0.15, -0.1) is 11.8 Å². The number of para-hydroxylation sites is 1. The maximum absolute atomic E-state index is 13.3. The number of ketones is 1. The van der Waals surface area contributed by atoms with Gasteiger partial charge in [0.25, 0.3) is 11.8 Å². The minimum Gasteiger partial charge on any atom is -0.361 e. The van der Waals surface area contributed by atoms with Gasteiger partial charge in [-0.3, -0.25) is 14.4 Å². The van der Waals surface area contributed by atoms with Gasteiger partial charge < -0.3 is 15.6 Å². The Kier molecular flexibility index (Phi) is 8.00. The number of thioether (sulfide) groups is 1. The highest BCUT2D eigenvalue weighted by Crippen LogP contribution is 2.23. The van der Waals surface area contributed by atoms with Gasteiger partial charge in [-0.05, 0) is 48.5 Å². The fourth-order valence-electron chi connectivity index (χ4n) is 4.00. The summed E-state index contributed by atoms with van der Waals surface area (Å²) in [4.78, 5) is 42.7. The van der Waals surface area contributed by atoms with Gasteiger partial charge in [0.2, 0.25) is 0 Å². The lowest BCUT2D eigenvalue weighted by atomic mass is 10.1.